The second-order valence-corrected chi connectivity index (χ2v) is 8.09. The Balaban J connectivity index is 2.60. The summed E-state index contributed by atoms with van der Waals surface area (Å²) in [6, 6.07) is 0.649. The zero-order valence-corrected chi connectivity index (χ0v) is 13.9. The molecule has 1 rings (SSSR count). The van der Waals surface area contributed by atoms with Crippen molar-refractivity contribution in [3.8, 4) is 0 Å². The van der Waals surface area contributed by atoms with Gasteiger partial charge >= 0.3 is 5.51 Å². The zero-order chi connectivity index (χ0) is 15.6. The van der Waals surface area contributed by atoms with E-state index in [0.29, 0.717) is 24.5 Å². The van der Waals surface area contributed by atoms with Gasteiger partial charge in [-0.2, -0.15) is 13.2 Å². The van der Waals surface area contributed by atoms with Crippen molar-refractivity contribution < 1.29 is 13.2 Å². The minimum atomic E-state index is -4.12. The lowest BCUT2D eigenvalue weighted by Gasteiger charge is -2.46. The van der Waals surface area contributed by atoms with Crippen LogP contribution in [0.3, 0.4) is 0 Å². The van der Waals surface area contributed by atoms with Crippen LogP contribution >= 0.6 is 11.8 Å². The molecule has 2 atom stereocenters. The Morgan fingerprint density at radius 1 is 1.25 bits per heavy atom. The number of alkyl halides is 3. The molecule has 1 fully saturated rings. The number of nitrogens with one attached hydrogen (secondary N) is 1. The van der Waals surface area contributed by atoms with Gasteiger partial charge in [-0.3, -0.25) is 4.90 Å². The average molecular weight is 312 g/mol. The Morgan fingerprint density at radius 2 is 1.85 bits per heavy atom. The molecule has 20 heavy (non-hydrogen) atoms. The van der Waals surface area contributed by atoms with E-state index in [1.54, 1.807) is 0 Å². The number of rotatable bonds is 4. The summed E-state index contributed by atoms with van der Waals surface area (Å²) in [5.74, 6) is 0.558. The van der Waals surface area contributed by atoms with Gasteiger partial charge in [-0.25, -0.2) is 0 Å². The van der Waals surface area contributed by atoms with Crippen LogP contribution in [0.4, 0.5) is 13.2 Å². The minimum absolute atomic E-state index is 0.0876. The van der Waals surface area contributed by atoms with Crippen molar-refractivity contribution in [1.82, 2.24) is 10.2 Å². The molecule has 0 bridgehead atoms. The summed E-state index contributed by atoms with van der Waals surface area (Å²) < 4.78 is 36.8. The maximum atomic E-state index is 12.3. The molecule has 0 aliphatic carbocycles. The van der Waals surface area contributed by atoms with E-state index in [9.17, 15) is 13.2 Å². The Labute approximate surface area is 124 Å². The Hall–Kier alpha value is 0.0600. The second kappa shape index (κ2) is 6.88. The van der Waals surface area contributed by atoms with Gasteiger partial charge < -0.3 is 5.32 Å². The number of hydrogen-bond acceptors (Lipinski definition) is 3. The molecule has 0 aromatic carbocycles. The van der Waals surface area contributed by atoms with E-state index in [2.05, 4.69) is 44.8 Å². The van der Waals surface area contributed by atoms with Gasteiger partial charge in [0.15, 0.2) is 0 Å². The van der Waals surface area contributed by atoms with Crippen LogP contribution in [-0.4, -0.2) is 47.9 Å². The lowest BCUT2D eigenvalue weighted by atomic mass is 9.83. The molecule has 120 valence electrons. The molecule has 0 aromatic rings. The van der Waals surface area contributed by atoms with Gasteiger partial charge in [0, 0.05) is 37.5 Å². The molecule has 6 heteroatoms. The Morgan fingerprint density at radius 3 is 2.30 bits per heavy atom. The summed E-state index contributed by atoms with van der Waals surface area (Å²) in [5, 5.41) is 3.56. The number of hydrogen-bond donors (Lipinski definition) is 1. The number of halogens is 3. The Bertz CT molecular complexity index is 300. The third kappa shape index (κ3) is 5.82. The van der Waals surface area contributed by atoms with Gasteiger partial charge in [-0.15, -0.1) is 0 Å². The fourth-order valence-electron chi connectivity index (χ4n) is 2.60. The van der Waals surface area contributed by atoms with Crippen molar-refractivity contribution in [2.45, 2.75) is 52.2 Å². The van der Waals surface area contributed by atoms with E-state index >= 15 is 0 Å². The van der Waals surface area contributed by atoms with E-state index < -0.39 is 5.51 Å². The maximum absolute atomic E-state index is 12.3. The van der Waals surface area contributed by atoms with Crippen LogP contribution in [0.5, 0.6) is 0 Å². The van der Waals surface area contributed by atoms with Gasteiger partial charge in [0.25, 0.3) is 0 Å². The number of thioether (sulfide) groups is 1. The van der Waals surface area contributed by atoms with E-state index in [1.807, 2.05) is 0 Å². The first-order chi connectivity index (χ1) is 9.00. The molecule has 0 amide bonds. The topological polar surface area (TPSA) is 15.3 Å². The first kappa shape index (κ1) is 18.1. The van der Waals surface area contributed by atoms with Gasteiger partial charge in [-0.1, -0.05) is 34.6 Å². The first-order valence-corrected chi connectivity index (χ1v) is 8.17. The highest BCUT2D eigenvalue weighted by Gasteiger charge is 2.35. The average Bonchev–Trinajstić information content (AvgIpc) is 2.25. The smallest absolute Gasteiger partial charge is 0.311 e. The monoisotopic (exact) mass is 312 g/mol. The van der Waals surface area contributed by atoms with Crippen molar-refractivity contribution in [2.75, 3.05) is 25.4 Å². The molecule has 1 saturated heterocycles. The van der Waals surface area contributed by atoms with Crippen LogP contribution in [0.1, 0.15) is 34.6 Å². The fourth-order valence-corrected chi connectivity index (χ4v) is 3.16. The molecular formula is C14H27F3N2S. The summed E-state index contributed by atoms with van der Waals surface area (Å²) >= 11 is 0.0876. The summed E-state index contributed by atoms with van der Waals surface area (Å²) in [6.07, 6.45) is 0. The predicted octanol–water partition coefficient (Wildman–Crippen LogP) is 3.58. The third-order valence-corrected chi connectivity index (χ3v) is 4.63. The highest BCUT2D eigenvalue weighted by molar-refractivity contribution is 8.00. The first-order valence-electron chi connectivity index (χ1n) is 7.19. The molecule has 0 spiro atoms. The largest absolute Gasteiger partial charge is 0.441 e. The van der Waals surface area contributed by atoms with Crippen molar-refractivity contribution in [1.29, 1.82) is 0 Å². The van der Waals surface area contributed by atoms with Gasteiger partial charge in [0.2, 0.25) is 0 Å². The van der Waals surface area contributed by atoms with Gasteiger partial charge in [-0.05, 0) is 23.1 Å². The SMILES string of the molecule is CC(C)C1CNC(C(C)(C)C)CN1CCSC(F)(F)F. The predicted molar refractivity (Wildman–Crippen MR) is 80.0 cm³/mol. The molecule has 0 radical (unpaired) electrons. The summed E-state index contributed by atoms with van der Waals surface area (Å²) in [7, 11) is 0. The third-order valence-electron chi connectivity index (χ3n) is 3.92. The minimum Gasteiger partial charge on any atom is -0.311 e. The molecule has 2 unspecified atom stereocenters. The standard InChI is InChI=1S/C14H27F3N2S/c1-10(2)11-8-18-12(13(3,4)5)9-19(11)6-7-20-14(15,16)17/h10-12,18H,6-9H2,1-5H3. The lowest BCUT2D eigenvalue weighted by molar-refractivity contribution is -0.0330. The number of nitrogens with zero attached hydrogens (tertiary/aromatic N) is 1. The van der Waals surface area contributed by atoms with Crippen LogP contribution in [0.2, 0.25) is 0 Å². The van der Waals surface area contributed by atoms with Crippen LogP contribution in [0, 0.1) is 11.3 Å². The molecule has 1 aliphatic heterocycles. The van der Waals surface area contributed by atoms with E-state index in [1.165, 1.54) is 0 Å². The van der Waals surface area contributed by atoms with E-state index in [0.717, 1.165) is 13.1 Å². The highest BCUT2D eigenvalue weighted by Crippen LogP contribution is 2.31. The molecule has 0 saturated carbocycles. The van der Waals surface area contributed by atoms with Crippen LogP contribution in [0.15, 0.2) is 0 Å². The quantitative estimate of drug-likeness (QED) is 0.854. The van der Waals surface area contributed by atoms with Gasteiger partial charge in [0.05, 0.1) is 0 Å². The Kier molecular flexibility index (Phi) is 6.23. The molecule has 1 heterocycles. The second-order valence-electron chi connectivity index (χ2n) is 6.93. The van der Waals surface area contributed by atoms with Crippen LogP contribution < -0.4 is 5.32 Å². The van der Waals surface area contributed by atoms with Crippen molar-refractivity contribution >= 4 is 11.8 Å². The highest BCUT2D eigenvalue weighted by atomic mass is 32.2. The molecule has 1 N–H and O–H groups in total. The maximum Gasteiger partial charge on any atom is 0.441 e. The van der Waals surface area contributed by atoms with Crippen molar-refractivity contribution in [3.63, 3.8) is 0 Å². The van der Waals surface area contributed by atoms with Gasteiger partial charge in [0.1, 0.15) is 0 Å². The normalized spacial score (nSPS) is 26.2. The van der Waals surface area contributed by atoms with Crippen LogP contribution in [0.25, 0.3) is 0 Å². The van der Waals surface area contributed by atoms with Crippen LogP contribution in [-0.2, 0) is 0 Å². The lowest BCUT2D eigenvalue weighted by Crippen LogP contribution is -2.62. The summed E-state index contributed by atoms with van der Waals surface area (Å²) in [6.45, 7) is 13.0. The fraction of sp³-hybridized carbons (Fsp3) is 1.00. The van der Waals surface area contributed by atoms with Crippen molar-refractivity contribution in [3.05, 3.63) is 0 Å². The summed E-state index contributed by atoms with van der Waals surface area (Å²) in [4.78, 5) is 2.23. The zero-order valence-electron chi connectivity index (χ0n) is 13.0. The molecule has 0 aromatic heterocycles. The molecule has 1 aliphatic rings. The van der Waals surface area contributed by atoms with E-state index in [4.69, 9.17) is 0 Å². The van der Waals surface area contributed by atoms with Crippen molar-refractivity contribution in [2.24, 2.45) is 11.3 Å². The van der Waals surface area contributed by atoms with E-state index in [-0.39, 0.29) is 22.9 Å². The molecule has 2 nitrogen and oxygen atoms in total. The summed E-state index contributed by atoms with van der Waals surface area (Å²) in [5.41, 5.74) is -4.00. The number of piperazine rings is 1. The molecular weight excluding hydrogens is 285 g/mol.